The molecule has 2 atom stereocenters. The predicted octanol–water partition coefficient (Wildman–Crippen LogP) is 1.36. The van der Waals surface area contributed by atoms with Crippen LogP contribution in [0.5, 0.6) is 0 Å². The number of hydrogen-bond acceptors (Lipinski definition) is 5. The van der Waals surface area contributed by atoms with Crippen molar-refractivity contribution in [1.82, 2.24) is 14.0 Å². The smallest absolute Gasteiger partial charge is 0.280 e. The lowest BCUT2D eigenvalue weighted by Gasteiger charge is -2.31. The summed E-state index contributed by atoms with van der Waals surface area (Å²) in [6.45, 7) is 6.59. The number of aliphatic hydroxyl groups excluding tert-OH is 1. The molecular weight excluding hydrogens is 310 g/mol. The van der Waals surface area contributed by atoms with Crippen molar-refractivity contribution in [2.45, 2.75) is 39.7 Å². The van der Waals surface area contributed by atoms with E-state index in [-0.39, 0.29) is 18.6 Å². The van der Waals surface area contributed by atoms with E-state index in [9.17, 15) is 13.5 Å². The summed E-state index contributed by atoms with van der Waals surface area (Å²) in [7, 11) is -3.53. The van der Waals surface area contributed by atoms with Crippen LogP contribution in [-0.4, -0.2) is 42.5 Å². The summed E-state index contributed by atoms with van der Waals surface area (Å²) in [6, 6.07) is -0.296. The van der Waals surface area contributed by atoms with Crippen molar-refractivity contribution in [3.05, 3.63) is 15.6 Å². The third-order valence-electron chi connectivity index (χ3n) is 3.74. The van der Waals surface area contributed by atoms with Crippen LogP contribution in [0.25, 0.3) is 0 Å². The van der Waals surface area contributed by atoms with Crippen LogP contribution in [0.15, 0.2) is 0 Å². The van der Waals surface area contributed by atoms with Crippen LogP contribution in [0.1, 0.15) is 41.4 Å². The number of hydrogen-bond donors (Lipinski definition) is 2. The van der Waals surface area contributed by atoms with E-state index < -0.39 is 10.2 Å². The molecule has 21 heavy (non-hydrogen) atoms. The first-order valence-electron chi connectivity index (χ1n) is 7.15. The van der Waals surface area contributed by atoms with Gasteiger partial charge >= 0.3 is 0 Å². The van der Waals surface area contributed by atoms with Crippen molar-refractivity contribution < 1.29 is 13.5 Å². The summed E-state index contributed by atoms with van der Waals surface area (Å²) in [4.78, 5) is 5.29. The lowest BCUT2D eigenvalue weighted by atomic mass is 10.0. The van der Waals surface area contributed by atoms with Crippen LogP contribution in [0, 0.1) is 19.8 Å². The first kappa shape index (κ1) is 16.8. The van der Waals surface area contributed by atoms with E-state index in [4.69, 9.17) is 0 Å². The zero-order valence-corrected chi connectivity index (χ0v) is 14.3. The zero-order valence-electron chi connectivity index (χ0n) is 12.7. The molecule has 2 heterocycles. The third kappa shape index (κ3) is 4.01. The van der Waals surface area contributed by atoms with Gasteiger partial charge in [0.2, 0.25) is 0 Å². The van der Waals surface area contributed by atoms with Crippen molar-refractivity contribution in [2.75, 3.05) is 19.7 Å². The number of nitrogens with one attached hydrogen (secondary N) is 1. The van der Waals surface area contributed by atoms with Crippen molar-refractivity contribution in [2.24, 2.45) is 5.92 Å². The molecule has 6 nitrogen and oxygen atoms in total. The number of aliphatic hydroxyl groups is 1. The van der Waals surface area contributed by atoms with E-state index in [0.717, 1.165) is 28.4 Å². The van der Waals surface area contributed by atoms with Gasteiger partial charge in [0.15, 0.2) is 0 Å². The number of piperidine rings is 1. The largest absolute Gasteiger partial charge is 0.396 e. The van der Waals surface area contributed by atoms with Crippen molar-refractivity contribution >= 4 is 21.5 Å². The minimum absolute atomic E-state index is 0.0364. The predicted molar refractivity (Wildman–Crippen MR) is 83.4 cm³/mol. The molecule has 2 unspecified atom stereocenters. The Kier molecular flexibility index (Phi) is 5.37. The Labute approximate surface area is 130 Å². The molecule has 2 N–H and O–H groups in total. The average molecular weight is 333 g/mol. The molecule has 0 aromatic carbocycles. The molecule has 0 amide bonds. The van der Waals surface area contributed by atoms with Crippen LogP contribution in [0.4, 0.5) is 0 Å². The molecule has 1 fully saturated rings. The number of aromatic nitrogens is 1. The highest BCUT2D eigenvalue weighted by molar-refractivity contribution is 7.87. The van der Waals surface area contributed by atoms with Gasteiger partial charge < -0.3 is 5.11 Å². The van der Waals surface area contributed by atoms with Crippen LogP contribution < -0.4 is 4.72 Å². The van der Waals surface area contributed by atoms with Crippen molar-refractivity contribution in [3.63, 3.8) is 0 Å². The summed E-state index contributed by atoms with van der Waals surface area (Å²) in [5, 5.41) is 10.2. The maximum atomic E-state index is 12.5. The van der Waals surface area contributed by atoms with Gasteiger partial charge in [0.25, 0.3) is 10.2 Å². The van der Waals surface area contributed by atoms with Gasteiger partial charge in [0, 0.05) is 24.6 Å². The molecule has 1 saturated heterocycles. The molecule has 0 bridgehead atoms. The van der Waals surface area contributed by atoms with Gasteiger partial charge in [-0.2, -0.15) is 17.4 Å². The van der Waals surface area contributed by atoms with Crippen LogP contribution in [-0.2, 0) is 10.2 Å². The van der Waals surface area contributed by atoms with Crippen LogP contribution >= 0.6 is 11.3 Å². The Hall–Kier alpha value is -0.540. The standard InChI is InChI=1S/C13H23N3O3S2/c1-9-13(20-11(3)14-9)10(2)15-21(18,19)16-6-4-5-12(7-16)8-17/h10,12,15,17H,4-8H2,1-3H3. The van der Waals surface area contributed by atoms with Gasteiger partial charge in [-0.1, -0.05) is 0 Å². The minimum Gasteiger partial charge on any atom is -0.396 e. The molecule has 8 heteroatoms. The monoisotopic (exact) mass is 333 g/mol. The molecule has 1 aliphatic rings. The third-order valence-corrected chi connectivity index (χ3v) is 6.66. The highest BCUT2D eigenvalue weighted by atomic mass is 32.2. The summed E-state index contributed by atoms with van der Waals surface area (Å²) in [5.74, 6) is 0.0398. The molecule has 1 aliphatic heterocycles. The lowest BCUT2D eigenvalue weighted by Crippen LogP contribution is -2.47. The maximum absolute atomic E-state index is 12.5. The average Bonchev–Trinajstić information content (AvgIpc) is 2.77. The van der Waals surface area contributed by atoms with E-state index in [1.807, 2.05) is 20.8 Å². The molecular formula is C13H23N3O3S2. The minimum atomic E-state index is -3.53. The van der Waals surface area contributed by atoms with E-state index in [1.54, 1.807) is 0 Å². The summed E-state index contributed by atoms with van der Waals surface area (Å²) in [5.41, 5.74) is 0.875. The normalized spacial score (nSPS) is 22.4. The fourth-order valence-electron chi connectivity index (χ4n) is 2.69. The number of aryl methyl sites for hydroxylation is 2. The van der Waals surface area contributed by atoms with Gasteiger partial charge in [0.05, 0.1) is 16.7 Å². The Morgan fingerprint density at radius 3 is 2.81 bits per heavy atom. The summed E-state index contributed by atoms with van der Waals surface area (Å²) < 4.78 is 29.1. The second kappa shape index (κ2) is 6.70. The van der Waals surface area contributed by atoms with Gasteiger partial charge in [-0.3, -0.25) is 0 Å². The number of rotatable bonds is 5. The van der Waals surface area contributed by atoms with Crippen LogP contribution in [0.3, 0.4) is 0 Å². The SMILES string of the molecule is Cc1nc(C)c(C(C)NS(=O)(=O)N2CCCC(CO)C2)s1. The number of thiazole rings is 1. The lowest BCUT2D eigenvalue weighted by molar-refractivity contribution is 0.164. The fraction of sp³-hybridized carbons (Fsp3) is 0.769. The maximum Gasteiger partial charge on any atom is 0.280 e. The van der Waals surface area contributed by atoms with E-state index in [1.165, 1.54) is 15.6 Å². The van der Waals surface area contributed by atoms with E-state index in [2.05, 4.69) is 9.71 Å². The van der Waals surface area contributed by atoms with Gasteiger partial charge in [-0.15, -0.1) is 11.3 Å². The van der Waals surface area contributed by atoms with Crippen LogP contribution in [0.2, 0.25) is 0 Å². The van der Waals surface area contributed by atoms with Gasteiger partial charge in [-0.05, 0) is 39.5 Å². The highest BCUT2D eigenvalue weighted by Gasteiger charge is 2.30. The number of nitrogens with zero attached hydrogens (tertiary/aromatic N) is 2. The summed E-state index contributed by atoms with van der Waals surface area (Å²) in [6.07, 6.45) is 1.67. The summed E-state index contributed by atoms with van der Waals surface area (Å²) >= 11 is 1.52. The molecule has 1 aromatic rings. The Balaban J connectivity index is 2.08. The van der Waals surface area contributed by atoms with Gasteiger partial charge in [-0.25, -0.2) is 4.98 Å². The molecule has 0 saturated carbocycles. The molecule has 2 rings (SSSR count). The Morgan fingerprint density at radius 2 is 2.24 bits per heavy atom. The molecule has 0 radical (unpaired) electrons. The second-order valence-corrected chi connectivity index (χ2v) is 8.51. The van der Waals surface area contributed by atoms with Crippen molar-refractivity contribution in [3.8, 4) is 0 Å². The second-order valence-electron chi connectivity index (χ2n) is 5.58. The molecule has 1 aromatic heterocycles. The highest BCUT2D eigenvalue weighted by Crippen LogP contribution is 2.26. The fourth-order valence-corrected chi connectivity index (χ4v) is 5.19. The first-order chi connectivity index (χ1) is 9.83. The van der Waals surface area contributed by atoms with Gasteiger partial charge in [0.1, 0.15) is 0 Å². The first-order valence-corrected chi connectivity index (χ1v) is 9.41. The molecule has 0 spiro atoms. The quantitative estimate of drug-likeness (QED) is 0.852. The Bertz CT molecular complexity index is 585. The zero-order chi connectivity index (χ0) is 15.6. The van der Waals surface area contributed by atoms with E-state index in [0.29, 0.717) is 13.1 Å². The molecule has 120 valence electrons. The van der Waals surface area contributed by atoms with E-state index >= 15 is 0 Å². The molecule has 0 aliphatic carbocycles. The topological polar surface area (TPSA) is 82.5 Å². The van der Waals surface area contributed by atoms with Crippen molar-refractivity contribution in [1.29, 1.82) is 0 Å². The Morgan fingerprint density at radius 1 is 1.52 bits per heavy atom.